The van der Waals surface area contributed by atoms with Gasteiger partial charge in [-0.25, -0.2) is 0 Å². The molecule has 0 radical (unpaired) electrons. The van der Waals surface area contributed by atoms with Crippen LogP contribution >= 0.6 is 0 Å². The molecule has 0 aromatic carbocycles. The van der Waals surface area contributed by atoms with Crippen LogP contribution in [0.15, 0.2) is 0 Å². The summed E-state index contributed by atoms with van der Waals surface area (Å²) in [7, 11) is 0. The molecular weight excluding hydrogens is 232 g/mol. The average Bonchev–Trinajstić information content (AvgIpc) is 2.62. The van der Waals surface area contributed by atoms with E-state index in [0.29, 0.717) is 6.04 Å². The van der Waals surface area contributed by atoms with Gasteiger partial charge in [0.25, 0.3) is 0 Å². The Morgan fingerprint density at radius 2 is 1.89 bits per heavy atom. The number of piperazine rings is 1. The lowest BCUT2D eigenvalue weighted by Gasteiger charge is -2.47. The Morgan fingerprint density at radius 1 is 1.16 bits per heavy atom. The minimum absolute atomic E-state index is 0.693. The number of nitrogens with one attached hydrogen (secondary N) is 1. The van der Waals surface area contributed by atoms with Crippen LogP contribution in [-0.4, -0.2) is 36.1 Å². The van der Waals surface area contributed by atoms with E-state index < -0.39 is 0 Å². The third-order valence-electron chi connectivity index (χ3n) is 5.51. The second-order valence-corrected chi connectivity index (χ2v) is 7.20. The minimum Gasteiger partial charge on any atom is -0.311 e. The van der Waals surface area contributed by atoms with Gasteiger partial charge in [0.1, 0.15) is 0 Å². The zero-order valence-electron chi connectivity index (χ0n) is 13.5. The van der Waals surface area contributed by atoms with Gasteiger partial charge in [-0.05, 0) is 31.1 Å². The van der Waals surface area contributed by atoms with E-state index in [1.807, 2.05) is 0 Å². The maximum Gasteiger partial charge on any atom is 0.0221 e. The van der Waals surface area contributed by atoms with Gasteiger partial charge < -0.3 is 5.32 Å². The van der Waals surface area contributed by atoms with Crippen molar-refractivity contribution in [3.63, 3.8) is 0 Å². The summed E-state index contributed by atoms with van der Waals surface area (Å²) in [5.41, 5.74) is 0. The zero-order valence-corrected chi connectivity index (χ0v) is 13.5. The molecule has 1 aliphatic heterocycles. The molecule has 2 fully saturated rings. The van der Waals surface area contributed by atoms with E-state index in [1.165, 1.54) is 51.6 Å². The summed E-state index contributed by atoms with van der Waals surface area (Å²) in [5, 5.41) is 3.78. The topological polar surface area (TPSA) is 15.3 Å². The smallest absolute Gasteiger partial charge is 0.0221 e. The number of nitrogens with zero attached hydrogens (tertiary/aromatic N) is 1. The monoisotopic (exact) mass is 266 g/mol. The SMILES string of the molecule is CCC1CNC(C(C)C)CN1C1CCCCCC1C. The third kappa shape index (κ3) is 3.72. The molecule has 1 saturated carbocycles. The van der Waals surface area contributed by atoms with Gasteiger partial charge in [0.05, 0.1) is 0 Å². The van der Waals surface area contributed by atoms with E-state index in [4.69, 9.17) is 0 Å². The van der Waals surface area contributed by atoms with Crippen molar-refractivity contribution in [1.29, 1.82) is 0 Å². The van der Waals surface area contributed by atoms with Crippen molar-refractivity contribution < 1.29 is 0 Å². The molecule has 19 heavy (non-hydrogen) atoms. The Hall–Kier alpha value is -0.0800. The van der Waals surface area contributed by atoms with Crippen molar-refractivity contribution in [2.45, 2.75) is 84.3 Å². The molecule has 0 bridgehead atoms. The first-order chi connectivity index (χ1) is 9.13. The summed E-state index contributed by atoms with van der Waals surface area (Å²) in [6.45, 7) is 12.0. The second kappa shape index (κ2) is 7.08. The fourth-order valence-electron chi connectivity index (χ4n) is 4.04. The Morgan fingerprint density at radius 3 is 2.58 bits per heavy atom. The molecule has 2 aliphatic rings. The Kier molecular flexibility index (Phi) is 5.70. The van der Waals surface area contributed by atoms with Crippen molar-refractivity contribution in [1.82, 2.24) is 10.2 Å². The van der Waals surface area contributed by atoms with Crippen LogP contribution in [0.3, 0.4) is 0 Å². The predicted molar refractivity (Wildman–Crippen MR) is 83.5 cm³/mol. The fraction of sp³-hybridized carbons (Fsp3) is 1.00. The molecule has 1 aliphatic carbocycles. The summed E-state index contributed by atoms with van der Waals surface area (Å²) in [4.78, 5) is 2.89. The average molecular weight is 266 g/mol. The first-order valence-electron chi connectivity index (χ1n) is 8.62. The molecule has 1 N–H and O–H groups in total. The number of hydrogen-bond donors (Lipinski definition) is 1. The molecule has 0 amide bonds. The normalized spacial score (nSPS) is 38.4. The highest BCUT2D eigenvalue weighted by atomic mass is 15.3. The van der Waals surface area contributed by atoms with Gasteiger partial charge in [-0.15, -0.1) is 0 Å². The lowest BCUT2D eigenvalue weighted by molar-refractivity contribution is 0.0396. The van der Waals surface area contributed by atoms with Gasteiger partial charge in [0, 0.05) is 31.2 Å². The Bertz CT molecular complexity index is 264. The summed E-state index contributed by atoms with van der Waals surface area (Å²) in [6.07, 6.45) is 8.52. The van der Waals surface area contributed by atoms with Crippen LogP contribution < -0.4 is 5.32 Å². The van der Waals surface area contributed by atoms with E-state index in [1.54, 1.807) is 0 Å². The highest BCUT2D eigenvalue weighted by molar-refractivity contribution is 4.92. The molecule has 2 rings (SSSR count). The van der Waals surface area contributed by atoms with Crippen molar-refractivity contribution in [2.24, 2.45) is 11.8 Å². The molecule has 2 heteroatoms. The molecular formula is C17H34N2. The molecule has 4 unspecified atom stereocenters. The molecule has 0 aromatic heterocycles. The Balaban J connectivity index is 2.07. The highest BCUT2D eigenvalue weighted by Gasteiger charge is 2.35. The third-order valence-corrected chi connectivity index (χ3v) is 5.51. The van der Waals surface area contributed by atoms with Crippen LogP contribution in [0.5, 0.6) is 0 Å². The van der Waals surface area contributed by atoms with Crippen LogP contribution in [0.25, 0.3) is 0 Å². The first kappa shape index (κ1) is 15.3. The standard InChI is InChI=1S/C17H34N2/c1-5-15-11-18-16(13(2)3)12-19(15)17-10-8-6-7-9-14(17)4/h13-18H,5-12H2,1-4H3. The molecule has 0 spiro atoms. The van der Waals surface area contributed by atoms with E-state index in [2.05, 4.69) is 37.9 Å². The first-order valence-corrected chi connectivity index (χ1v) is 8.62. The van der Waals surface area contributed by atoms with Gasteiger partial charge in [-0.1, -0.05) is 47.0 Å². The van der Waals surface area contributed by atoms with Gasteiger partial charge >= 0.3 is 0 Å². The minimum atomic E-state index is 0.693. The zero-order chi connectivity index (χ0) is 13.8. The Labute approximate surface area is 120 Å². The maximum absolute atomic E-state index is 3.78. The molecule has 1 heterocycles. The summed E-state index contributed by atoms with van der Waals surface area (Å²) >= 11 is 0. The molecule has 4 atom stereocenters. The molecule has 1 saturated heterocycles. The van der Waals surface area contributed by atoms with Crippen molar-refractivity contribution in [3.8, 4) is 0 Å². The number of hydrogen-bond acceptors (Lipinski definition) is 2. The van der Waals surface area contributed by atoms with Crippen molar-refractivity contribution in [2.75, 3.05) is 13.1 Å². The summed E-state index contributed by atoms with van der Waals surface area (Å²) in [6, 6.07) is 2.30. The molecule has 112 valence electrons. The largest absolute Gasteiger partial charge is 0.311 e. The lowest BCUT2D eigenvalue weighted by Crippen LogP contribution is -2.61. The summed E-state index contributed by atoms with van der Waals surface area (Å²) < 4.78 is 0. The second-order valence-electron chi connectivity index (χ2n) is 7.20. The van der Waals surface area contributed by atoms with Gasteiger partial charge in [-0.2, -0.15) is 0 Å². The van der Waals surface area contributed by atoms with E-state index >= 15 is 0 Å². The van der Waals surface area contributed by atoms with Crippen LogP contribution in [0.4, 0.5) is 0 Å². The van der Waals surface area contributed by atoms with E-state index in [9.17, 15) is 0 Å². The van der Waals surface area contributed by atoms with Gasteiger partial charge in [0.2, 0.25) is 0 Å². The van der Waals surface area contributed by atoms with Crippen LogP contribution in [0.2, 0.25) is 0 Å². The summed E-state index contributed by atoms with van der Waals surface area (Å²) in [5.74, 6) is 1.64. The molecule has 2 nitrogen and oxygen atoms in total. The van der Waals surface area contributed by atoms with Crippen LogP contribution in [0.1, 0.15) is 66.2 Å². The number of rotatable bonds is 3. The highest BCUT2D eigenvalue weighted by Crippen LogP contribution is 2.30. The molecule has 0 aromatic rings. The van der Waals surface area contributed by atoms with Crippen LogP contribution in [0, 0.1) is 11.8 Å². The predicted octanol–water partition coefficient (Wildman–Crippen LogP) is 3.66. The van der Waals surface area contributed by atoms with Crippen molar-refractivity contribution >= 4 is 0 Å². The van der Waals surface area contributed by atoms with Gasteiger partial charge in [-0.3, -0.25) is 4.90 Å². The van der Waals surface area contributed by atoms with E-state index in [0.717, 1.165) is 23.9 Å². The van der Waals surface area contributed by atoms with Gasteiger partial charge in [0.15, 0.2) is 0 Å². The quantitative estimate of drug-likeness (QED) is 0.784. The maximum atomic E-state index is 3.78. The fourth-order valence-corrected chi connectivity index (χ4v) is 4.04. The van der Waals surface area contributed by atoms with Crippen LogP contribution in [-0.2, 0) is 0 Å². The van der Waals surface area contributed by atoms with E-state index in [-0.39, 0.29) is 0 Å². The lowest BCUT2D eigenvalue weighted by atomic mass is 9.90. The van der Waals surface area contributed by atoms with Crippen molar-refractivity contribution in [3.05, 3.63) is 0 Å².